The molecule has 0 aliphatic carbocycles. The first-order valence-corrected chi connectivity index (χ1v) is 13.2. The summed E-state index contributed by atoms with van der Waals surface area (Å²) in [4.78, 5) is 0. The van der Waals surface area contributed by atoms with E-state index < -0.39 is 0 Å². The van der Waals surface area contributed by atoms with Crippen molar-refractivity contribution in [3.63, 3.8) is 0 Å². The predicted octanol–water partition coefficient (Wildman–Crippen LogP) is 10.1. The van der Waals surface area contributed by atoms with Crippen LogP contribution in [0.3, 0.4) is 0 Å². The molecule has 0 heterocycles. The van der Waals surface area contributed by atoms with Gasteiger partial charge in [0.25, 0.3) is 0 Å². The zero-order valence-electron chi connectivity index (χ0n) is 22.4. The zero-order valence-corrected chi connectivity index (χ0v) is 22.4. The van der Waals surface area contributed by atoms with Crippen molar-refractivity contribution in [3.05, 3.63) is 71.8 Å². The molecule has 32 heavy (non-hydrogen) atoms. The quantitative estimate of drug-likeness (QED) is 0.275. The fourth-order valence-corrected chi connectivity index (χ4v) is 6.26. The summed E-state index contributed by atoms with van der Waals surface area (Å²) in [6, 6.07) is 22.8. The Morgan fingerprint density at radius 3 is 1.47 bits per heavy atom. The molecule has 0 nitrogen and oxygen atoms in total. The van der Waals surface area contributed by atoms with Crippen molar-refractivity contribution in [2.75, 3.05) is 0 Å². The molecule has 2 aromatic carbocycles. The Labute approximate surface area is 200 Å². The zero-order chi connectivity index (χ0) is 23.8. The van der Waals surface area contributed by atoms with Crippen LogP contribution in [0.1, 0.15) is 111 Å². The molecule has 0 fully saturated rings. The topological polar surface area (TPSA) is 0 Å². The Balaban J connectivity index is 2.57. The van der Waals surface area contributed by atoms with E-state index in [1.54, 1.807) is 0 Å². The van der Waals surface area contributed by atoms with Gasteiger partial charge in [0.15, 0.2) is 0 Å². The van der Waals surface area contributed by atoms with E-state index in [1.807, 2.05) is 0 Å². The fourth-order valence-electron chi connectivity index (χ4n) is 6.26. The summed E-state index contributed by atoms with van der Waals surface area (Å²) in [5.74, 6) is 1.16. The van der Waals surface area contributed by atoms with Crippen LogP contribution in [-0.4, -0.2) is 0 Å². The Morgan fingerprint density at radius 2 is 1.03 bits per heavy atom. The third-order valence-corrected chi connectivity index (χ3v) is 9.01. The highest BCUT2D eigenvalue weighted by atomic mass is 14.6. The molecule has 1 atom stereocenters. The van der Waals surface area contributed by atoms with Crippen molar-refractivity contribution in [1.29, 1.82) is 0 Å². The lowest BCUT2D eigenvalue weighted by Crippen LogP contribution is -2.57. The molecule has 2 rings (SSSR count). The van der Waals surface area contributed by atoms with Crippen LogP contribution in [0.25, 0.3) is 0 Å². The molecule has 0 saturated heterocycles. The molecule has 2 aromatic rings. The number of hydrogen-bond donors (Lipinski definition) is 0. The molecular weight excluding hydrogens is 384 g/mol. The second kappa shape index (κ2) is 11.5. The van der Waals surface area contributed by atoms with Gasteiger partial charge in [-0.25, -0.2) is 0 Å². The third kappa shape index (κ3) is 5.16. The van der Waals surface area contributed by atoms with Gasteiger partial charge < -0.3 is 0 Å². The van der Waals surface area contributed by atoms with Gasteiger partial charge in [-0.2, -0.15) is 0 Å². The molecule has 0 aromatic heterocycles. The lowest BCUT2D eigenvalue weighted by Gasteiger charge is -2.61. The first-order chi connectivity index (χ1) is 15.1. The van der Waals surface area contributed by atoms with E-state index in [1.165, 1.54) is 56.1 Å². The minimum Gasteiger partial charge on any atom is -0.0654 e. The van der Waals surface area contributed by atoms with E-state index in [0.717, 1.165) is 0 Å². The van der Waals surface area contributed by atoms with Crippen LogP contribution < -0.4 is 0 Å². The van der Waals surface area contributed by atoms with E-state index >= 15 is 0 Å². The summed E-state index contributed by atoms with van der Waals surface area (Å²) < 4.78 is 0. The molecule has 0 aliphatic heterocycles. The maximum atomic E-state index is 2.55. The summed E-state index contributed by atoms with van der Waals surface area (Å²) in [6.07, 6.45) is 9.51. The fraction of sp³-hybridized carbons (Fsp3) is 0.625. The van der Waals surface area contributed by atoms with Crippen molar-refractivity contribution < 1.29 is 0 Å². The van der Waals surface area contributed by atoms with E-state index in [0.29, 0.717) is 11.8 Å². The number of hydrogen-bond acceptors (Lipinski definition) is 0. The third-order valence-electron chi connectivity index (χ3n) is 9.01. The Morgan fingerprint density at radius 1 is 0.594 bits per heavy atom. The van der Waals surface area contributed by atoms with Crippen LogP contribution in [0, 0.1) is 22.7 Å². The van der Waals surface area contributed by atoms with Gasteiger partial charge in [0.1, 0.15) is 0 Å². The number of rotatable bonds is 13. The Bertz CT molecular complexity index is 727. The average molecular weight is 435 g/mol. The van der Waals surface area contributed by atoms with Gasteiger partial charge in [-0.05, 0) is 33.8 Å². The molecular formula is C32H50. The van der Waals surface area contributed by atoms with Gasteiger partial charge in [-0.1, -0.05) is 161 Å². The maximum Gasteiger partial charge on any atom is 0.0309 e. The van der Waals surface area contributed by atoms with Crippen molar-refractivity contribution in [1.82, 2.24) is 0 Å². The minimum atomic E-state index is -0.0850. The summed E-state index contributed by atoms with van der Waals surface area (Å²) >= 11 is 0. The molecule has 178 valence electrons. The van der Waals surface area contributed by atoms with Gasteiger partial charge in [-0.15, -0.1) is 0 Å². The van der Waals surface area contributed by atoms with Crippen LogP contribution in [0.4, 0.5) is 0 Å². The van der Waals surface area contributed by atoms with Crippen molar-refractivity contribution in [2.45, 2.75) is 106 Å². The monoisotopic (exact) mass is 434 g/mol. The standard InChI is InChI=1S/C32H50/c1-9-10-11-12-13-16-21-27(4)31(7,8)32(30(5,6)26(2)3,28-22-17-14-18-23-28)29-24-19-15-20-25-29/h14-15,17-20,22-27H,9-13,16,21H2,1-8H3. The van der Waals surface area contributed by atoms with Crippen molar-refractivity contribution >= 4 is 0 Å². The van der Waals surface area contributed by atoms with Crippen LogP contribution in [0.15, 0.2) is 60.7 Å². The van der Waals surface area contributed by atoms with Gasteiger partial charge in [0, 0.05) is 5.41 Å². The normalized spacial score (nSPS) is 14.0. The molecule has 0 aliphatic rings. The lowest BCUT2D eigenvalue weighted by atomic mass is 9.42. The molecule has 0 radical (unpaired) electrons. The molecule has 0 heteroatoms. The first-order valence-electron chi connectivity index (χ1n) is 13.2. The van der Waals surface area contributed by atoms with Crippen molar-refractivity contribution in [3.8, 4) is 0 Å². The highest BCUT2D eigenvalue weighted by molar-refractivity contribution is 5.45. The Kier molecular flexibility index (Phi) is 9.62. The van der Waals surface area contributed by atoms with E-state index in [-0.39, 0.29) is 16.2 Å². The predicted molar refractivity (Wildman–Crippen MR) is 143 cm³/mol. The van der Waals surface area contributed by atoms with E-state index in [9.17, 15) is 0 Å². The summed E-state index contributed by atoms with van der Waals surface area (Å²) in [6.45, 7) is 19.8. The first kappa shape index (κ1) is 26.7. The van der Waals surface area contributed by atoms with Crippen LogP contribution >= 0.6 is 0 Å². The number of benzene rings is 2. The van der Waals surface area contributed by atoms with Gasteiger partial charge in [0.2, 0.25) is 0 Å². The molecule has 0 N–H and O–H groups in total. The SMILES string of the molecule is CCCCCCCCC(C)C(C)(C)C(c1ccccc1)(c1ccccc1)C(C)(C)C(C)C. The smallest absolute Gasteiger partial charge is 0.0309 e. The largest absolute Gasteiger partial charge is 0.0654 e. The molecule has 1 unspecified atom stereocenters. The average Bonchev–Trinajstić information content (AvgIpc) is 2.77. The van der Waals surface area contributed by atoms with Gasteiger partial charge in [0.05, 0.1) is 0 Å². The molecule has 0 saturated carbocycles. The van der Waals surface area contributed by atoms with Gasteiger partial charge in [-0.3, -0.25) is 0 Å². The van der Waals surface area contributed by atoms with E-state index in [4.69, 9.17) is 0 Å². The van der Waals surface area contributed by atoms with Crippen LogP contribution in [-0.2, 0) is 5.41 Å². The minimum absolute atomic E-state index is 0.0780. The highest BCUT2D eigenvalue weighted by Crippen LogP contribution is 2.63. The highest BCUT2D eigenvalue weighted by Gasteiger charge is 2.59. The lowest BCUT2D eigenvalue weighted by molar-refractivity contribution is -0.0126. The summed E-state index contributed by atoms with van der Waals surface area (Å²) in [5, 5.41) is 0. The van der Waals surface area contributed by atoms with E-state index in [2.05, 4.69) is 116 Å². The molecule has 0 spiro atoms. The second-order valence-corrected chi connectivity index (χ2v) is 11.5. The molecule has 0 amide bonds. The molecule has 0 bridgehead atoms. The maximum absolute atomic E-state index is 2.55. The van der Waals surface area contributed by atoms with Crippen LogP contribution in [0.2, 0.25) is 0 Å². The van der Waals surface area contributed by atoms with Crippen LogP contribution in [0.5, 0.6) is 0 Å². The van der Waals surface area contributed by atoms with Crippen molar-refractivity contribution in [2.24, 2.45) is 22.7 Å². The summed E-state index contributed by atoms with van der Waals surface area (Å²) in [5.41, 5.74) is 3.01. The second-order valence-electron chi connectivity index (χ2n) is 11.5. The van der Waals surface area contributed by atoms with Gasteiger partial charge >= 0.3 is 0 Å². The number of unbranched alkanes of at least 4 members (excludes halogenated alkanes) is 5. The Hall–Kier alpha value is -1.56. The summed E-state index contributed by atoms with van der Waals surface area (Å²) in [7, 11) is 0.